The molecule has 0 saturated heterocycles. The smallest absolute Gasteiger partial charge is 0.293 e. The van der Waals surface area contributed by atoms with E-state index in [4.69, 9.17) is 5.73 Å². The molecule has 16 nitrogen and oxygen atoms in total. The van der Waals surface area contributed by atoms with Gasteiger partial charge in [0.15, 0.2) is 23.2 Å². The largest absolute Gasteiger partial charge is 0.397 e. The number of anilines is 3. The van der Waals surface area contributed by atoms with Crippen molar-refractivity contribution in [2.75, 3.05) is 16.4 Å². The van der Waals surface area contributed by atoms with Crippen LogP contribution in [0.25, 0.3) is 45.0 Å². The van der Waals surface area contributed by atoms with E-state index in [9.17, 15) is 19.7 Å². The summed E-state index contributed by atoms with van der Waals surface area (Å²) in [7, 11) is 0. The Labute approximate surface area is 434 Å². The summed E-state index contributed by atoms with van der Waals surface area (Å²) in [5.41, 5.74) is 18.5. The molecule has 10 rings (SSSR count). The number of nitro benzene ring substituents is 1. The number of nitrogens with zero attached hydrogens (tertiary/aromatic N) is 9. The minimum Gasteiger partial charge on any atom is -0.397 e. The van der Waals surface area contributed by atoms with Gasteiger partial charge in [-0.25, -0.2) is 9.36 Å². The van der Waals surface area contributed by atoms with Gasteiger partial charge in [-0.05, 0) is 97.4 Å². The number of carbonyl (C=O) groups is 2. The first-order valence-corrected chi connectivity index (χ1v) is 23.7. The first-order chi connectivity index (χ1) is 36.1. The first-order valence-electron chi connectivity index (χ1n) is 23.7. The average molecular weight is 995 g/mol. The molecule has 8 aromatic carbocycles. The molecule has 0 saturated carbocycles. The van der Waals surface area contributed by atoms with Crippen molar-refractivity contribution < 1.29 is 14.5 Å². The van der Waals surface area contributed by atoms with Crippen molar-refractivity contribution in [1.29, 1.82) is 0 Å². The number of carbonyl (C=O) groups excluding carboxylic acids is 2. The second kappa shape index (κ2) is 24.0. The van der Waals surface area contributed by atoms with Crippen LogP contribution < -0.4 is 16.4 Å². The number of nitrogens with two attached hydrogens (primary N) is 1. The van der Waals surface area contributed by atoms with E-state index in [1.807, 2.05) is 120 Å². The van der Waals surface area contributed by atoms with Crippen LogP contribution in [0.2, 0.25) is 0 Å². The second-order valence-corrected chi connectivity index (χ2v) is 17.3. The maximum absolute atomic E-state index is 12.0. The number of ketones is 2. The van der Waals surface area contributed by atoms with Crippen molar-refractivity contribution in [3.8, 4) is 45.0 Å². The van der Waals surface area contributed by atoms with Crippen LogP contribution >= 0.6 is 0 Å². The van der Waals surface area contributed by atoms with Crippen molar-refractivity contribution in [1.82, 2.24) is 40.4 Å². The standard InChI is InChI=1S/C29H24N6O3.C29H26N6O.CH4/c1-20(36)24-12-7-13-27(35(37)38)28(24)30-18-21-14-16-23(17-15-21)25-10-5-6-11-26(25)29-31-32-33-34(29)19-22-8-3-2-4-9-22;1-20(36)24-12-7-13-27(30)28(24)31-18-21-14-16-23(17-15-21)25-10-5-6-11-26(25)29-32-33-34-35(29)19-22-8-3-2-4-9-22;/h2-17,30H,18-19H2,1H3;2-17,31H,18-19,30H2,1H3;1H4. The minimum absolute atomic E-state index is 0. The van der Waals surface area contributed by atoms with Gasteiger partial charge in [0.25, 0.3) is 5.69 Å². The third kappa shape index (κ3) is 12.2. The molecule has 0 unspecified atom stereocenters. The fourth-order valence-electron chi connectivity index (χ4n) is 8.60. The van der Waals surface area contributed by atoms with Crippen LogP contribution in [0, 0.1) is 10.1 Å². The number of hydrogen-bond acceptors (Lipinski definition) is 13. The Balaban J connectivity index is 0.000000197. The summed E-state index contributed by atoms with van der Waals surface area (Å²) in [6.07, 6.45) is 0. The summed E-state index contributed by atoms with van der Waals surface area (Å²) in [4.78, 5) is 35.0. The zero-order valence-corrected chi connectivity index (χ0v) is 40.5. The van der Waals surface area contributed by atoms with E-state index in [0.717, 1.165) is 61.5 Å². The second-order valence-electron chi connectivity index (χ2n) is 17.3. The highest BCUT2D eigenvalue weighted by Crippen LogP contribution is 2.34. The van der Waals surface area contributed by atoms with Crippen LogP contribution in [0.4, 0.5) is 22.7 Å². The van der Waals surface area contributed by atoms with Crippen LogP contribution in [-0.4, -0.2) is 56.9 Å². The Morgan fingerprint density at radius 3 is 1.33 bits per heavy atom. The Morgan fingerprint density at radius 1 is 0.493 bits per heavy atom. The molecule has 0 atom stereocenters. The van der Waals surface area contributed by atoms with E-state index in [1.165, 1.54) is 19.1 Å². The van der Waals surface area contributed by atoms with Gasteiger partial charge in [0.05, 0.1) is 29.4 Å². The molecule has 2 aromatic heterocycles. The summed E-state index contributed by atoms with van der Waals surface area (Å²) >= 11 is 0. The molecule has 0 aliphatic carbocycles. The lowest BCUT2D eigenvalue weighted by Crippen LogP contribution is -2.08. The van der Waals surface area contributed by atoms with Gasteiger partial charge < -0.3 is 16.4 Å². The fraction of sp³-hybridized carbons (Fsp3) is 0.119. The highest BCUT2D eigenvalue weighted by atomic mass is 16.6. The van der Waals surface area contributed by atoms with Crippen LogP contribution in [0.5, 0.6) is 0 Å². The summed E-state index contributed by atoms with van der Waals surface area (Å²) in [6.45, 7) is 4.95. The molecule has 10 aromatic rings. The van der Waals surface area contributed by atoms with Crippen LogP contribution in [0.1, 0.15) is 64.2 Å². The molecule has 0 spiro atoms. The number of para-hydroxylation sites is 2. The topological polar surface area (TPSA) is 215 Å². The van der Waals surface area contributed by atoms with Gasteiger partial charge in [0, 0.05) is 41.4 Å². The number of hydrogen-bond donors (Lipinski definition) is 3. The summed E-state index contributed by atoms with van der Waals surface area (Å²) in [5.74, 6) is 1.13. The summed E-state index contributed by atoms with van der Waals surface area (Å²) < 4.78 is 3.61. The van der Waals surface area contributed by atoms with Gasteiger partial charge in [-0.3, -0.25) is 19.7 Å². The number of rotatable bonds is 17. The number of nitrogen functional groups attached to an aromatic ring is 1. The first kappa shape index (κ1) is 51.4. The fourth-order valence-corrected chi connectivity index (χ4v) is 8.60. The van der Waals surface area contributed by atoms with Crippen LogP contribution in [-0.2, 0) is 26.2 Å². The number of nitrogens with one attached hydrogen (secondary N) is 2. The van der Waals surface area contributed by atoms with Crippen molar-refractivity contribution in [2.45, 2.75) is 47.5 Å². The number of benzene rings is 8. The number of aromatic nitrogens is 8. The number of Topliss-reactive ketones (excluding diaryl/α,β-unsaturated/α-hetero) is 2. The van der Waals surface area contributed by atoms with Crippen molar-refractivity contribution >= 4 is 34.3 Å². The molecule has 374 valence electrons. The van der Waals surface area contributed by atoms with Crippen molar-refractivity contribution in [3.63, 3.8) is 0 Å². The van der Waals surface area contributed by atoms with Gasteiger partial charge in [-0.15, -0.1) is 10.2 Å². The number of tetrazole rings is 2. The van der Waals surface area contributed by atoms with E-state index in [1.54, 1.807) is 35.9 Å². The maximum atomic E-state index is 12.0. The predicted molar refractivity (Wildman–Crippen MR) is 294 cm³/mol. The van der Waals surface area contributed by atoms with Crippen molar-refractivity contribution in [3.05, 3.63) is 238 Å². The van der Waals surface area contributed by atoms with E-state index in [-0.39, 0.29) is 35.9 Å². The lowest BCUT2D eigenvalue weighted by molar-refractivity contribution is -0.384. The molecule has 2 heterocycles. The molecule has 16 heteroatoms. The van der Waals surface area contributed by atoms with E-state index in [2.05, 4.69) is 84.1 Å². The SMILES string of the molecule is C.CC(=O)c1cccc(N)c1NCc1ccc(-c2ccccc2-c2nnnn2Cc2ccccc2)cc1.CC(=O)c1cccc([N+](=O)[O-])c1NCc1ccc(-c2ccccc2-c2nnnn2Cc2ccccc2)cc1. The molecular weight excluding hydrogens is 941 g/mol. The number of nitro groups is 1. The lowest BCUT2D eigenvalue weighted by atomic mass is 9.98. The van der Waals surface area contributed by atoms with Crippen molar-refractivity contribution in [2.24, 2.45) is 0 Å². The van der Waals surface area contributed by atoms with Gasteiger partial charge in [0.2, 0.25) is 0 Å². The zero-order valence-electron chi connectivity index (χ0n) is 40.5. The Morgan fingerprint density at radius 2 is 0.893 bits per heavy atom. The monoisotopic (exact) mass is 994 g/mol. The Kier molecular flexibility index (Phi) is 16.4. The van der Waals surface area contributed by atoms with E-state index < -0.39 is 4.92 Å². The van der Waals surface area contributed by atoms with Gasteiger partial charge >= 0.3 is 0 Å². The normalized spacial score (nSPS) is 10.6. The third-order valence-corrected chi connectivity index (χ3v) is 12.3. The molecular formula is C59H54N12O4. The molecule has 0 aliphatic rings. The summed E-state index contributed by atoms with van der Waals surface area (Å²) in [5, 5.41) is 42.9. The molecule has 0 fully saturated rings. The average Bonchev–Trinajstić information content (AvgIpc) is 4.10. The molecule has 75 heavy (non-hydrogen) atoms. The van der Waals surface area contributed by atoms with Crippen LogP contribution in [0.3, 0.4) is 0 Å². The highest BCUT2D eigenvalue weighted by Gasteiger charge is 2.21. The maximum Gasteiger partial charge on any atom is 0.293 e. The molecule has 4 N–H and O–H groups in total. The third-order valence-electron chi connectivity index (χ3n) is 12.3. The quantitative estimate of drug-likeness (QED) is 0.0335. The molecule has 0 aliphatic heterocycles. The minimum atomic E-state index is -0.486. The lowest BCUT2D eigenvalue weighted by Gasteiger charge is -2.14. The molecule has 0 amide bonds. The zero-order chi connectivity index (χ0) is 51.4. The predicted octanol–water partition coefficient (Wildman–Crippen LogP) is 11.9. The highest BCUT2D eigenvalue weighted by molar-refractivity contribution is 6.02. The van der Waals surface area contributed by atoms with E-state index in [0.29, 0.717) is 48.9 Å². The summed E-state index contributed by atoms with van der Waals surface area (Å²) in [6, 6.07) is 62.3. The van der Waals surface area contributed by atoms with E-state index >= 15 is 0 Å². The van der Waals surface area contributed by atoms with Crippen LogP contribution in [0.15, 0.2) is 194 Å². The van der Waals surface area contributed by atoms with Gasteiger partial charge in [-0.1, -0.05) is 177 Å². The van der Waals surface area contributed by atoms with Gasteiger partial charge in [0.1, 0.15) is 5.69 Å². The molecule has 0 radical (unpaired) electrons. The Hall–Kier alpha value is -9.96. The molecule has 0 bridgehead atoms. The van der Waals surface area contributed by atoms with Gasteiger partial charge in [-0.2, -0.15) is 0 Å². The Bertz CT molecular complexity index is 3530.